The molecular formula is C34H49N3O9. The Balaban J connectivity index is 0.000000193. The van der Waals surface area contributed by atoms with Crippen molar-refractivity contribution < 1.29 is 43.4 Å². The molecule has 1 aliphatic carbocycles. The van der Waals surface area contributed by atoms with Gasteiger partial charge in [0.05, 0.1) is 31.2 Å². The number of hydrogen-bond acceptors (Lipinski definition) is 11. The lowest BCUT2D eigenvalue weighted by Gasteiger charge is -2.59. The largest absolute Gasteiger partial charge is 0.497 e. The van der Waals surface area contributed by atoms with E-state index in [-0.39, 0.29) is 30.6 Å². The number of carboxylic acids is 1. The van der Waals surface area contributed by atoms with Crippen LogP contribution in [0, 0.1) is 23.7 Å². The number of rotatable bonds is 10. The molecule has 5 fully saturated rings. The van der Waals surface area contributed by atoms with Gasteiger partial charge in [-0.05, 0) is 76.5 Å². The van der Waals surface area contributed by atoms with Crippen LogP contribution in [0.15, 0.2) is 30.5 Å². The minimum absolute atomic E-state index is 0.0670. The van der Waals surface area contributed by atoms with Gasteiger partial charge in [-0.25, -0.2) is 9.78 Å². The third kappa shape index (κ3) is 7.11. The second kappa shape index (κ2) is 14.4. The fourth-order valence-electron chi connectivity index (χ4n) is 7.56. The first-order chi connectivity index (χ1) is 22.0. The highest BCUT2D eigenvalue weighted by Gasteiger charge is 2.69. The number of carboxylic acid groups (broad SMARTS) is 1. The smallest absolute Gasteiger partial charge is 0.308 e. The van der Waals surface area contributed by atoms with Crippen molar-refractivity contribution in [3.63, 3.8) is 0 Å². The number of nitrogens with two attached hydrogens (primary N) is 1. The summed E-state index contributed by atoms with van der Waals surface area (Å²) in [7, 11) is 1.68. The van der Waals surface area contributed by atoms with E-state index in [1.807, 2.05) is 44.3 Å². The number of methoxy groups -OCH3 is 1. The van der Waals surface area contributed by atoms with Gasteiger partial charge in [0.15, 0.2) is 11.9 Å². The van der Waals surface area contributed by atoms with Gasteiger partial charge in [0.2, 0.25) is 12.1 Å². The Kier molecular flexibility index (Phi) is 10.7. The first kappa shape index (κ1) is 34.3. The summed E-state index contributed by atoms with van der Waals surface area (Å²) >= 11 is 0. The second-order valence-corrected chi connectivity index (χ2v) is 13.4. The van der Waals surface area contributed by atoms with Crippen molar-refractivity contribution in [3.8, 4) is 5.75 Å². The van der Waals surface area contributed by atoms with Gasteiger partial charge in [0, 0.05) is 41.9 Å². The van der Waals surface area contributed by atoms with E-state index < -0.39 is 35.9 Å². The molecule has 9 atom stereocenters. The van der Waals surface area contributed by atoms with Crippen LogP contribution in [0.4, 0.5) is 5.69 Å². The van der Waals surface area contributed by atoms with Gasteiger partial charge in [-0.15, -0.1) is 0 Å². The van der Waals surface area contributed by atoms with Crippen LogP contribution in [0.1, 0.15) is 79.1 Å². The first-order valence-corrected chi connectivity index (χ1v) is 16.5. The number of ether oxygens (including phenoxy) is 4. The molecule has 12 nitrogen and oxygen atoms in total. The lowest BCUT2D eigenvalue weighted by atomic mass is 9.58. The van der Waals surface area contributed by atoms with E-state index in [1.165, 1.54) is 0 Å². The van der Waals surface area contributed by atoms with Crippen molar-refractivity contribution >= 4 is 28.5 Å². The number of esters is 1. The summed E-state index contributed by atoms with van der Waals surface area (Å²) in [5, 5.41) is 13.3. The highest BCUT2D eigenvalue weighted by atomic mass is 17.3. The van der Waals surface area contributed by atoms with E-state index in [9.17, 15) is 9.59 Å². The fourth-order valence-corrected chi connectivity index (χ4v) is 7.56. The Hall–Kier alpha value is -3.03. The van der Waals surface area contributed by atoms with Gasteiger partial charge >= 0.3 is 11.9 Å². The van der Waals surface area contributed by atoms with Crippen molar-refractivity contribution in [2.75, 3.05) is 19.0 Å². The number of aliphatic carboxylic acids is 1. The minimum Gasteiger partial charge on any atom is -0.497 e. The number of nitrogens with one attached hydrogen (secondary N) is 1. The number of carbonyl (C=O) groups is 2. The summed E-state index contributed by atoms with van der Waals surface area (Å²) in [6, 6.07) is 8.33. The summed E-state index contributed by atoms with van der Waals surface area (Å²) in [4.78, 5) is 39.0. The van der Waals surface area contributed by atoms with Gasteiger partial charge in [-0.2, -0.15) is 0 Å². The minimum atomic E-state index is -1.03. The SMILES string of the molecule is COc1cc(NC(C)CCCN)c2ncccc2c1.C[C@@H]1CCC2[C@@H](C)[C@H](OC(=O)CCC(=O)O)OC3O[C@]4(C)CCC1C32OO4. The lowest BCUT2D eigenvalue weighted by molar-refractivity contribution is -0.576. The Labute approximate surface area is 270 Å². The highest BCUT2D eigenvalue weighted by Crippen LogP contribution is 2.60. The molecule has 4 saturated heterocycles. The normalized spacial score (nSPS) is 33.5. The van der Waals surface area contributed by atoms with Gasteiger partial charge in [0.25, 0.3) is 0 Å². The Morgan fingerprint density at radius 1 is 1.17 bits per heavy atom. The number of fused-ring (bicyclic) bond motifs is 3. The van der Waals surface area contributed by atoms with Crippen LogP contribution in [0.5, 0.6) is 5.75 Å². The topological polar surface area (TPSA) is 161 Å². The highest BCUT2D eigenvalue weighted by molar-refractivity contribution is 5.91. The third-order valence-corrected chi connectivity index (χ3v) is 10.0. The third-order valence-electron chi connectivity index (χ3n) is 10.0. The predicted octanol–water partition coefficient (Wildman–Crippen LogP) is 5.39. The molecule has 1 spiro atoms. The molecule has 1 aromatic carbocycles. The number of aromatic nitrogens is 1. The summed E-state index contributed by atoms with van der Waals surface area (Å²) in [5.74, 6) is -0.982. The van der Waals surface area contributed by atoms with Crippen LogP contribution >= 0.6 is 0 Å². The van der Waals surface area contributed by atoms with Crippen molar-refractivity contribution in [2.24, 2.45) is 29.4 Å². The van der Waals surface area contributed by atoms with Gasteiger partial charge in [0.1, 0.15) is 5.75 Å². The molecule has 5 aliphatic rings. The van der Waals surface area contributed by atoms with Crippen molar-refractivity contribution in [2.45, 2.75) is 109 Å². The number of anilines is 1. The molecule has 4 aliphatic heterocycles. The Morgan fingerprint density at radius 3 is 2.72 bits per heavy atom. The molecule has 0 amide bonds. The Bertz CT molecular complexity index is 1380. The molecule has 5 unspecified atom stereocenters. The van der Waals surface area contributed by atoms with Crippen molar-refractivity contribution in [1.29, 1.82) is 0 Å². The summed E-state index contributed by atoms with van der Waals surface area (Å²) in [6.45, 7) is 8.94. The molecule has 7 rings (SSSR count). The molecule has 1 saturated carbocycles. The maximum atomic E-state index is 12.1. The van der Waals surface area contributed by atoms with E-state index in [1.54, 1.807) is 7.11 Å². The zero-order valence-electron chi connectivity index (χ0n) is 27.5. The molecule has 46 heavy (non-hydrogen) atoms. The molecule has 254 valence electrons. The zero-order chi connectivity index (χ0) is 33.1. The summed E-state index contributed by atoms with van der Waals surface area (Å²) in [5.41, 5.74) is 6.84. The molecule has 1 aromatic heterocycles. The molecule has 0 radical (unpaired) electrons. The average molecular weight is 644 g/mol. The summed E-state index contributed by atoms with van der Waals surface area (Å²) < 4.78 is 23.1. The van der Waals surface area contributed by atoms with E-state index in [0.717, 1.165) is 61.0 Å². The van der Waals surface area contributed by atoms with Gasteiger partial charge < -0.3 is 35.1 Å². The molecular weight excluding hydrogens is 594 g/mol. The van der Waals surface area contributed by atoms with E-state index >= 15 is 0 Å². The van der Waals surface area contributed by atoms with Crippen LogP contribution in [0.2, 0.25) is 0 Å². The van der Waals surface area contributed by atoms with Gasteiger partial charge in [-0.3, -0.25) is 14.6 Å². The quantitative estimate of drug-likeness (QED) is 0.224. The van der Waals surface area contributed by atoms with Gasteiger partial charge in [-0.1, -0.05) is 19.9 Å². The molecule has 5 heterocycles. The van der Waals surface area contributed by atoms with E-state index in [2.05, 4.69) is 24.1 Å². The number of nitrogens with zero attached hydrogens (tertiary/aromatic N) is 1. The number of hydrogen-bond donors (Lipinski definition) is 3. The van der Waals surface area contributed by atoms with Crippen LogP contribution in [-0.4, -0.2) is 65.7 Å². The van der Waals surface area contributed by atoms with E-state index in [4.69, 9.17) is 39.6 Å². The van der Waals surface area contributed by atoms with Crippen LogP contribution < -0.4 is 15.8 Å². The van der Waals surface area contributed by atoms with Crippen LogP contribution in [0.3, 0.4) is 0 Å². The second-order valence-electron chi connectivity index (χ2n) is 13.4. The fraction of sp³-hybridized carbons (Fsp3) is 0.676. The zero-order valence-corrected chi connectivity index (χ0v) is 27.5. The van der Waals surface area contributed by atoms with Crippen LogP contribution in [-0.2, 0) is 33.6 Å². The molecule has 4 N–H and O–H groups in total. The number of carbonyl (C=O) groups excluding carboxylic acids is 1. The average Bonchev–Trinajstić information content (AvgIpc) is 3.27. The predicted molar refractivity (Wildman–Crippen MR) is 169 cm³/mol. The maximum absolute atomic E-state index is 12.1. The molecule has 12 heteroatoms. The van der Waals surface area contributed by atoms with E-state index in [0.29, 0.717) is 18.4 Å². The van der Waals surface area contributed by atoms with Crippen molar-refractivity contribution in [3.05, 3.63) is 30.5 Å². The number of pyridine rings is 1. The number of benzene rings is 1. The summed E-state index contributed by atoms with van der Waals surface area (Å²) in [6.07, 6.45) is 5.59. The monoisotopic (exact) mass is 643 g/mol. The standard InChI is InChI=1S/C19H28O8.C15H21N3O/c1-10-4-5-13-11(2)16(23-15(22)7-6-14(20)21)24-17-19(13)12(10)8-9-18(3,25-17)26-27-19;1-11(5-3-7-16)18-14-10-13(19-2)9-12-6-4-8-17-15(12)14/h10-13,16-17H,4-9H2,1-3H3,(H,20,21);4,6,8-11,18H,3,5,7,16H2,1-2H3/t10-,11-,12?,13?,16-,17?,18+,19?;/m1./s1. The van der Waals surface area contributed by atoms with Crippen molar-refractivity contribution in [1.82, 2.24) is 4.98 Å². The molecule has 2 bridgehead atoms. The lowest BCUT2D eigenvalue weighted by Crippen LogP contribution is -2.70. The first-order valence-electron chi connectivity index (χ1n) is 16.5. The molecule has 2 aromatic rings. The maximum Gasteiger partial charge on any atom is 0.308 e. The van der Waals surface area contributed by atoms with Crippen LogP contribution in [0.25, 0.3) is 10.9 Å². The Morgan fingerprint density at radius 2 is 1.98 bits per heavy atom.